The minimum atomic E-state index is 0.0377. The van der Waals surface area contributed by atoms with Crippen molar-refractivity contribution in [3.63, 3.8) is 0 Å². The zero-order valence-corrected chi connectivity index (χ0v) is 16.5. The Kier molecular flexibility index (Phi) is 4.86. The van der Waals surface area contributed by atoms with Crippen molar-refractivity contribution in [1.29, 1.82) is 0 Å². The van der Waals surface area contributed by atoms with Gasteiger partial charge in [-0.1, -0.05) is 12.1 Å². The molecule has 146 valence electrons. The number of fused-ring (bicyclic) bond motifs is 2. The summed E-state index contributed by atoms with van der Waals surface area (Å²) >= 11 is 0. The van der Waals surface area contributed by atoms with Crippen molar-refractivity contribution in [2.24, 2.45) is 0 Å². The number of benzene rings is 1. The van der Waals surface area contributed by atoms with E-state index in [-0.39, 0.29) is 18.7 Å². The van der Waals surface area contributed by atoms with E-state index in [0.717, 1.165) is 43.7 Å². The van der Waals surface area contributed by atoms with Crippen molar-refractivity contribution in [2.75, 3.05) is 26.7 Å². The number of hydrogen-bond donors (Lipinski definition) is 3. The number of amides is 2. The molecule has 1 aromatic heterocycles. The normalized spacial score (nSPS) is 24.7. The molecule has 0 radical (unpaired) electrons. The number of aliphatic hydroxyl groups is 1. The predicted molar refractivity (Wildman–Crippen MR) is 107 cm³/mol. The van der Waals surface area contributed by atoms with Gasteiger partial charge in [0.25, 0.3) is 0 Å². The Morgan fingerprint density at radius 1 is 1.37 bits per heavy atom. The first-order valence-electron chi connectivity index (χ1n) is 10.1. The highest BCUT2D eigenvalue weighted by atomic mass is 16.3. The number of piperidine rings is 1. The molecule has 1 saturated heterocycles. The van der Waals surface area contributed by atoms with Crippen LogP contribution in [0.3, 0.4) is 0 Å². The van der Waals surface area contributed by atoms with Crippen molar-refractivity contribution in [3.8, 4) is 0 Å². The van der Waals surface area contributed by atoms with Crippen LogP contribution in [0.5, 0.6) is 0 Å². The molecule has 3 atom stereocenters. The van der Waals surface area contributed by atoms with Gasteiger partial charge in [-0.25, -0.2) is 4.79 Å². The lowest BCUT2D eigenvalue weighted by molar-refractivity contribution is 0.123. The molecule has 0 spiro atoms. The molecule has 0 saturated carbocycles. The molecule has 0 bridgehead atoms. The number of urea groups is 1. The summed E-state index contributed by atoms with van der Waals surface area (Å²) in [7, 11) is 2.16. The zero-order valence-electron chi connectivity index (χ0n) is 16.5. The molecule has 6 heteroatoms. The lowest BCUT2D eigenvalue weighted by atomic mass is 9.73. The third-order valence-corrected chi connectivity index (χ3v) is 6.47. The molecular formula is C21H30N4O2. The van der Waals surface area contributed by atoms with Crippen molar-refractivity contribution in [1.82, 2.24) is 20.1 Å². The Labute approximate surface area is 160 Å². The standard InChI is InChI=1S/C21H30N4O2/c1-4-25(5-2)21(27)22-13-9-15-14-7-6-8-17-20(14)16(18(12-26)23-17)10-19(15)24(3)11-13/h6-8,13,15,19,23,26H,4-5,9-12H2,1-3H3,(H,22,27)/t13-,15+,19+/m0/s1. The number of carbonyl (C=O) groups excluding carboxylic acids is 1. The van der Waals surface area contributed by atoms with Crippen molar-refractivity contribution in [3.05, 3.63) is 35.0 Å². The topological polar surface area (TPSA) is 71.6 Å². The molecule has 2 aliphatic rings. The minimum Gasteiger partial charge on any atom is -0.390 e. The maximum atomic E-state index is 12.5. The molecule has 1 aliphatic carbocycles. The minimum absolute atomic E-state index is 0.0377. The van der Waals surface area contributed by atoms with E-state index in [0.29, 0.717) is 12.0 Å². The molecule has 1 aliphatic heterocycles. The first-order chi connectivity index (χ1) is 13.1. The van der Waals surface area contributed by atoms with Gasteiger partial charge in [0.15, 0.2) is 0 Å². The second-order valence-electron chi connectivity index (χ2n) is 7.88. The molecule has 27 heavy (non-hydrogen) atoms. The summed E-state index contributed by atoms with van der Waals surface area (Å²) in [6.07, 6.45) is 1.91. The van der Waals surface area contributed by atoms with E-state index in [4.69, 9.17) is 0 Å². The van der Waals surface area contributed by atoms with E-state index in [1.165, 1.54) is 16.5 Å². The number of H-pyrrole nitrogens is 1. The second kappa shape index (κ2) is 7.17. The van der Waals surface area contributed by atoms with Gasteiger partial charge in [0.1, 0.15) is 0 Å². The maximum Gasteiger partial charge on any atom is 0.317 e. The summed E-state index contributed by atoms with van der Waals surface area (Å²) in [6, 6.07) is 7.01. The summed E-state index contributed by atoms with van der Waals surface area (Å²) in [6.45, 7) is 6.39. The average molecular weight is 370 g/mol. The Balaban J connectivity index is 1.64. The summed E-state index contributed by atoms with van der Waals surface area (Å²) in [5.41, 5.74) is 4.67. The number of aliphatic hydroxyl groups excluding tert-OH is 1. The summed E-state index contributed by atoms with van der Waals surface area (Å²) < 4.78 is 0. The molecule has 6 nitrogen and oxygen atoms in total. The van der Waals surface area contributed by atoms with E-state index in [1.807, 2.05) is 18.7 Å². The van der Waals surface area contributed by atoms with Crippen LogP contribution in [0.25, 0.3) is 10.9 Å². The van der Waals surface area contributed by atoms with Crippen LogP contribution < -0.4 is 5.32 Å². The third kappa shape index (κ3) is 3.01. The fourth-order valence-corrected chi connectivity index (χ4v) is 5.12. The summed E-state index contributed by atoms with van der Waals surface area (Å²) in [4.78, 5) is 20.2. The van der Waals surface area contributed by atoms with Gasteiger partial charge in [-0.05, 0) is 50.9 Å². The molecule has 3 N–H and O–H groups in total. The van der Waals surface area contributed by atoms with Crippen molar-refractivity contribution >= 4 is 16.9 Å². The van der Waals surface area contributed by atoms with Gasteiger partial charge in [-0.3, -0.25) is 0 Å². The van der Waals surface area contributed by atoms with Crippen LogP contribution in [0.1, 0.15) is 43.0 Å². The van der Waals surface area contributed by atoms with Crippen molar-refractivity contribution < 1.29 is 9.90 Å². The van der Waals surface area contributed by atoms with Crippen LogP contribution in [0.4, 0.5) is 4.79 Å². The fraction of sp³-hybridized carbons (Fsp3) is 0.571. The number of rotatable bonds is 4. The van der Waals surface area contributed by atoms with Gasteiger partial charge in [0, 0.05) is 54.2 Å². The maximum absolute atomic E-state index is 12.5. The highest BCUT2D eigenvalue weighted by molar-refractivity contribution is 5.89. The van der Waals surface area contributed by atoms with E-state index < -0.39 is 0 Å². The summed E-state index contributed by atoms with van der Waals surface area (Å²) in [5, 5.41) is 14.3. The molecule has 2 amide bonds. The van der Waals surface area contributed by atoms with Gasteiger partial charge in [0.05, 0.1) is 6.61 Å². The number of aromatic nitrogens is 1. The molecule has 4 rings (SSSR count). The van der Waals surface area contributed by atoms with Gasteiger partial charge in [-0.2, -0.15) is 0 Å². The van der Waals surface area contributed by atoms with Crippen LogP contribution in [-0.2, 0) is 13.0 Å². The lowest BCUT2D eigenvalue weighted by Crippen LogP contribution is -2.56. The molecule has 1 fully saturated rings. The third-order valence-electron chi connectivity index (χ3n) is 6.47. The first kappa shape index (κ1) is 18.3. The van der Waals surface area contributed by atoms with Crippen LogP contribution in [-0.4, -0.2) is 64.7 Å². The Hall–Kier alpha value is -2.05. The smallest absolute Gasteiger partial charge is 0.317 e. The second-order valence-corrected chi connectivity index (χ2v) is 7.88. The van der Waals surface area contributed by atoms with E-state index in [2.05, 4.69) is 40.4 Å². The molecule has 2 aromatic rings. The van der Waals surface area contributed by atoms with Gasteiger partial charge >= 0.3 is 6.03 Å². The van der Waals surface area contributed by atoms with Gasteiger partial charge < -0.3 is 25.2 Å². The molecule has 1 aromatic carbocycles. The first-order valence-corrected chi connectivity index (χ1v) is 10.1. The quantitative estimate of drug-likeness (QED) is 0.774. The Morgan fingerprint density at radius 3 is 2.85 bits per heavy atom. The highest BCUT2D eigenvalue weighted by Crippen LogP contribution is 2.44. The van der Waals surface area contributed by atoms with Gasteiger partial charge in [-0.15, -0.1) is 0 Å². The van der Waals surface area contributed by atoms with E-state index in [9.17, 15) is 9.90 Å². The number of aromatic amines is 1. The number of hydrogen-bond acceptors (Lipinski definition) is 3. The Morgan fingerprint density at radius 2 is 2.15 bits per heavy atom. The number of carbonyl (C=O) groups is 1. The van der Waals surface area contributed by atoms with Crippen LogP contribution in [0.2, 0.25) is 0 Å². The van der Waals surface area contributed by atoms with Crippen LogP contribution in [0.15, 0.2) is 18.2 Å². The number of likely N-dealkylation sites (tertiary alicyclic amines) is 1. The fourth-order valence-electron chi connectivity index (χ4n) is 5.12. The van der Waals surface area contributed by atoms with Crippen LogP contribution in [0, 0.1) is 0 Å². The molecule has 0 unspecified atom stereocenters. The monoisotopic (exact) mass is 370 g/mol. The van der Waals surface area contributed by atoms with Gasteiger partial charge in [0.2, 0.25) is 0 Å². The Bertz CT molecular complexity index is 842. The number of likely N-dealkylation sites (N-methyl/N-ethyl adjacent to an activating group) is 1. The largest absolute Gasteiger partial charge is 0.390 e. The predicted octanol–water partition coefficient (Wildman–Crippen LogP) is 2.42. The lowest BCUT2D eigenvalue weighted by Gasteiger charge is -2.46. The highest BCUT2D eigenvalue weighted by Gasteiger charge is 2.40. The van der Waals surface area contributed by atoms with Crippen LogP contribution >= 0.6 is 0 Å². The molecule has 2 heterocycles. The van der Waals surface area contributed by atoms with E-state index in [1.54, 1.807) is 0 Å². The van der Waals surface area contributed by atoms with Crippen molar-refractivity contribution in [2.45, 2.75) is 51.3 Å². The number of nitrogens with zero attached hydrogens (tertiary/aromatic N) is 2. The zero-order chi connectivity index (χ0) is 19.1. The summed E-state index contributed by atoms with van der Waals surface area (Å²) in [5.74, 6) is 0.393. The number of nitrogens with one attached hydrogen (secondary N) is 2. The van der Waals surface area contributed by atoms with E-state index >= 15 is 0 Å². The molecular weight excluding hydrogens is 340 g/mol. The SMILES string of the molecule is CCN(CC)C(=O)N[C@H]1C[C@@H]2c3cccc4[nH]c(CO)c(c34)C[C@H]2N(C)C1. The average Bonchev–Trinajstić information content (AvgIpc) is 3.03.